The minimum absolute atomic E-state index is 0.0160. The molecular weight excluding hydrogens is 432 g/mol. The van der Waals surface area contributed by atoms with Crippen LogP contribution in [0.5, 0.6) is 5.75 Å². The van der Waals surface area contributed by atoms with Gasteiger partial charge in [-0.05, 0) is 56.3 Å². The Bertz CT molecular complexity index is 1380. The molecule has 2 aromatic heterocycles. The van der Waals surface area contributed by atoms with Crippen molar-refractivity contribution in [2.75, 3.05) is 0 Å². The predicted octanol–water partition coefficient (Wildman–Crippen LogP) is 4.21. The number of rotatable bonds is 6. The van der Waals surface area contributed by atoms with Gasteiger partial charge in [-0.1, -0.05) is 30.3 Å². The molecule has 170 valence electrons. The zero-order valence-corrected chi connectivity index (χ0v) is 18.7. The van der Waals surface area contributed by atoms with Crippen molar-refractivity contribution in [3.63, 3.8) is 0 Å². The molecule has 4 rings (SSSR count). The van der Waals surface area contributed by atoms with E-state index in [2.05, 4.69) is 16.9 Å². The summed E-state index contributed by atoms with van der Waals surface area (Å²) >= 11 is 0. The van der Waals surface area contributed by atoms with Gasteiger partial charge >= 0.3 is 5.91 Å². The standard InChI is InChI=1S/C26H22N4O4/c1-17-14-22(18(2)30(17)20-9-4-3-5-10-20)25(31)28-29-26(32)24-13-12-21(34-24)16-33-23-11-7-6-8-19(23)15-27/h3-14H,16H2,1-2H3,(H,28,31)(H,29,32). The molecule has 0 aliphatic heterocycles. The molecule has 0 aliphatic carbocycles. The molecule has 0 atom stereocenters. The number of carbonyl (C=O) groups excluding carboxylic acids is 2. The highest BCUT2D eigenvalue weighted by Gasteiger charge is 2.18. The summed E-state index contributed by atoms with van der Waals surface area (Å²) in [6, 6.07) is 23.4. The number of hydrogen-bond acceptors (Lipinski definition) is 5. The van der Waals surface area contributed by atoms with Crippen LogP contribution in [0.25, 0.3) is 5.69 Å². The number of aromatic nitrogens is 1. The van der Waals surface area contributed by atoms with Crippen LogP contribution in [0.3, 0.4) is 0 Å². The van der Waals surface area contributed by atoms with E-state index in [0.717, 1.165) is 17.1 Å². The number of amides is 2. The Morgan fingerprint density at radius 3 is 2.44 bits per heavy atom. The molecule has 2 heterocycles. The van der Waals surface area contributed by atoms with Crippen LogP contribution in [-0.2, 0) is 6.61 Å². The van der Waals surface area contributed by atoms with Gasteiger partial charge in [-0.25, -0.2) is 0 Å². The predicted molar refractivity (Wildman–Crippen MR) is 124 cm³/mol. The van der Waals surface area contributed by atoms with Crippen molar-refractivity contribution in [3.05, 3.63) is 107 Å². The van der Waals surface area contributed by atoms with Gasteiger partial charge in [0.1, 0.15) is 24.2 Å². The fraction of sp³-hybridized carbons (Fsp3) is 0.115. The summed E-state index contributed by atoms with van der Waals surface area (Å²) in [7, 11) is 0. The highest BCUT2D eigenvalue weighted by molar-refractivity contribution is 5.99. The number of hydrogen-bond donors (Lipinski definition) is 2. The van der Waals surface area contributed by atoms with Crippen LogP contribution >= 0.6 is 0 Å². The summed E-state index contributed by atoms with van der Waals surface area (Å²) in [5.74, 6) is -0.202. The Morgan fingerprint density at radius 2 is 1.68 bits per heavy atom. The van der Waals surface area contributed by atoms with Gasteiger partial charge in [0.15, 0.2) is 5.76 Å². The Balaban J connectivity index is 1.37. The molecule has 4 aromatic rings. The molecule has 0 bridgehead atoms. The first-order valence-corrected chi connectivity index (χ1v) is 10.5. The molecule has 0 unspecified atom stereocenters. The van der Waals surface area contributed by atoms with Gasteiger partial charge in [-0.2, -0.15) is 5.26 Å². The van der Waals surface area contributed by atoms with Crippen molar-refractivity contribution in [3.8, 4) is 17.5 Å². The Hall–Kier alpha value is -4.77. The number of ether oxygens (including phenoxy) is 1. The third-order valence-electron chi connectivity index (χ3n) is 5.24. The second kappa shape index (κ2) is 9.79. The lowest BCUT2D eigenvalue weighted by atomic mass is 10.2. The lowest BCUT2D eigenvalue weighted by molar-refractivity contribution is 0.0828. The van der Waals surface area contributed by atoms with E-state index in [1.54, 1.807) is 36.4 Å². The fourth-order valence-corrected chi connectivity index (χ4v) is 3.62. The smallest absolute Gasteiger partial charge is 0.305 e. The number of hydrazine groups is 1. The fourth-order valence-electron chi connectivity index (χ4n) is 3.62. The number of carbonyl (C=O) groups is 2. The first-order valence-electron chi connectivity index (χ1n) is 10.5. The van der Waals surface area contributed by atoms with Gasteiger partial charge in [-0.3, -0.25) is 20.4 Å². The Morgan fingerprint density at radius 1 is 0.971 bits per heavy atom. The van der Waals surface area contributed by atoms with Crippen molar-refractivity contribution in [2.24, 2.45) is 0 Å². The maximum absolute atomic E-state index is 12.7. The van der Waals surface area contributed by atoms with E-state index in [9.17, 15) is 9.59 Å². The third kappa shape index (κ3) is 4.69. The lowest BCUT2D eigenvalue weighted by Crippen LogP contribution is -2.41. The maximum Gasteiger partial charge on any atom is 0.305 e. The van der Waals surface area contributed by atoms with Crippen molar-refractivity contribution >= 4 is 11.8 Å². The van der Waals surface area contributed by atoms with E-state index in [-0.39, 0.29) is 12.4 Å². The highest BCUT2D eigenvalue weighted by atomic mass is 16.5. The lowest BCUT2D eigenvalue weighted by Gasteiger charge is -2.10. The summed E-state index contributed by atoms with van der Waals surface area (Å²) < 4.78 is 13.1. The van der Waals surface area contributed by atoms with Gasteiger partial charge in [0.2, 0.25) is 0 Å². The monoisotopic (exact) mass is 454 g/mol. The van der Waals surface area contributed by atoms with Crippen molar-refractivity contribution in [1.29, 1.82) is 5.26 Å². The molecule has 0 aliphatic rings. The van der Waals surface area contributed by atoms with E-state index in [1.165, 1.54) is 6.07 Å². The molecule has 34 heavy (non-hydrogen) atoms. The number of furan rings is 1. The molecule has 0 saturated carbocycles. The molecule has 0 saturated heterocycles. The zero-order chi connectivity index (χ0) is 24.1. The Labute approximate surface area is 196 Å². The number of nitrogens with zero attached hydrogens (tertiary/aromatic N) is 2. The minimum atomic E-state index is -0.603. The molecular formula is C26H22N4O4. The van der Waals surface area contributed by atoms with Gasteiger partial charge in [0.05, 0.1) is 11.1 Å². The number of nitriles is 1. The van der Waals surface area contributed by atoms with Crippen LogP contribution in [0.2, 0.25) is 0 Å². The van der Waals surface area contributed by atoms with E-state index >= 15 is 0 Å². The second-order valence-corrected chi connectivity index (χ2v) is 7.53. The average molecular weight is 454 g/mol. The molecule has 0 radical (unpaired) electrons. The van der Waals surface area contributed by atoms with E-state index < -0.39 is 11.8 Å². The van der Waals surface area contributed by atoms with Crippen LogP contribution in [0.4, 0.5) is 0 Å². The highest BCUT2D eigenvalue weighted by Crippen LogP contribution is 2.21. The van der Waals surface area contributed by atoms with Crippen LogP contribution < -0.4 is 15.6 Å². The quantitative estimate of drug-likeness (QED) is 0.424. The van der Waals surface area contributed by atoms with E-state index in [4.69, 9.17) is 14.4 Å². The van der Waals surface area contributed by atoms with Crippen LogP contribution in [-0.4, -0.2) is 16.4 Å². The van der Waals surface area contributed by atoms with Crippen molar-refractivity contribution in [1.82, 2.24) is 15.4 Å². The van der Waals surface area contributed by atoms with E-state index in [1.807, 2.05) is 48.7 Å². The topological polar surface area (TPSA) is 109 Å². The molecule has 8 nitrogen and oxygen atoms in total. The van der Waals surface area contributed by atoms with Gasteiger partial charge < -0.3 is 13.7 Å². The largest absolute Gasteiger partial charge is 0.484 e. The van der Waals surface area contributed by atoms with Crippen LogP contribution in [0.15, 0.2) is 77.2 Å². The Kier molecular flexibility index (Phi) is 6.46. The summed E-state index contributed by atoms with van der Waals surface area (Å²) in [4.78, 5) is 25.1. The maximum atomic E-state index is 12.7. The summed E-state index contributed by atoms with van der Waals surface area (Å²) in [5, 5.41) is 9.13. The van der Waals surface area contributed by atoms with E-state index in [0.29, 0.717) is 22.6 Å². The normalized spacial score (nSPS) is 10.4. The van der Waals surface area contributed by atoms with Gasteiger partial charge in [-0.15, -0.1) is 0 Å². The number of benzene rings is 2. The number of aryl methyl sites for hydroxylation is 1. The summed E-state index contributed by atoms with van der Waals surface area (Å²) in [6.45, 7) is 3.81. The first-order chi connectivity index (χ1) is 16.5. The van der Waals surface area contributed by atoms with Crippen LogP contribution in [0.1, 0.15) is 43.6 Å². The molecule has 2 N–H and O–H groups in total. The summed E-state index contributed by atoms with van der Waals surface area (Å²) in [6.07, 6.45) is 0. The minimum Gasteiger partial charge on any atom is -0.484 e. The number of nitrogens with one attached hydrogen (secondary N) is 2. The molecule has 2 amide bonds. The van der Waals surface area contributed by atoms with Crippen molar-refractivity contribution < 1.29 is 18.7 Å². The molecule has 0 spiro atoms. The molecule has 2 aromatic carbocycles. The summed E-state index contributed by atoms with van der Waals surface area (Å²) in [5.41, 5.74) is 8.26. The molecule has 8 heteroatoms. The van der Waals surface area contributed by atoms with Gasteiger partial charge in [0.25, 0.3) is 5.91 Å². The third-order valence-corrected chi connectivity index (χ3v) is 5.24. The second-order valence-electron chi connectivity index (χ2n) is 7.53. The zero-order valence-electron chi connectivity index (χ0n) is 18.7. The van der Waals surface area contributed by atoms with Crippen LogP contribution in [0, 0.1) is 25.2 Å². The number of para-hydroxylation sites is 2. The molecule has 0 fully saturated rings. The van der Waals surface area contributed by atoms with Gasteiger partial charge in [0, 0.05) is 17.1 Å². The SMILES string of the molecule is Cc1cc(C(=O)NNC(=O)c2ccc(COc3ccccc3C#N)o2)c(C)n1-c1ccccc1. The average Bonchev–Trinajstić information content (AvgIpc) is 3.45. The van der Waals surface area contributed by atoms with Crippen molar-refractivity contribution in [2.45, 2.75) is 20.5 Å². The first kappa shape index (κ1) is 22.4.